The molecule has 5 aromatic rings. The monoisotopic (exact) mass is 453 g/mol. The number of rotatable bonds is 5. The third-order valence-electron chi connectivity index (χ3n) is 5.40. The van der Waals surface area contributed by atoms with Crippen LogP contribution in [0.3, 0.4) is 0 Å². The smallest absolute Gasteiger partial charge is 0.267 e. The van der Waals surface area contributed by atoms with Crippen LogP contribution in [0.1, 0.15) is 39.8 Å². The fraction of sp³-hybridized carbons (Fsp3) is 0.136. The Labute approximate surface area is 191 Å². The molecule has 0 bridgehead atoms. The highest BCUT2D eigenvalue weighted by Gasteiger charge is 2.32. The summed E-state index contributed by atoms with van der Waals surface area (Å²) in [4.78, 5) is 19.1. The summed E-state index contributed by atoms with van der Waals surface area (Å²) in [6.07, 6.45) is 8.79. The minimum atomic E-state index is -0.211. The Hall–Kier alpha value is -4.43. The van der Waals surface area contributed by atoms with Crippen molar-refractivity contribution in [1.29, 1.82) is 5.26 Å². The fourth-order valence-electron chi connectivity index (χ4n) is 3.74. The molecule has 5 heterocycles. The van der Waals surface area contributed by atoms with Crippen LogP contribution in [0.2, 0.25) is 0 Å². The zero-order valence-corrected chi connectivity index (χ0v) is 17.9. The molecule has 0 saturated heterocycles. The van der Waals surface area contributed by atoms with Crippen molar-refractivity contribution in [2.24, 2.45) is 0 Å². The van der Waals surface area contributed by atoms with E-state index in [1.54, 1.807) is 24.5 Å². The van der Waals surface area contributed by atoms with Gasteiger partial charge in [0.2, 0.25) is 0 Å². The van der Waals surface area contributed by atoms with Crippen molar-refractivity contribution in [3.8, 4) is 23.0 Å². The van der Waals surface area contributed by atoms with E-state index in [9.17, 15) is 4.79 Å². The van der Waals surface area contributed by atoms with E-state index >= 15 is 0 Å². The average Bonchev–Trinajstić information content (AvgIpc) is 3.24. The number of carbonyl (C=O) groups is 1. The van der Waals surface area contributed by atoms with E-state index in [2.05, 4.69) is 24.9 Å². The number of aromatic nitrogens is 7. The molecule has 33 heavy (non-hydrogen) atoms. The maximum absolute atomic E-state index is 12.7. The molecule has 1 amide bonds. The van der Waals surface area contributed by atoms with Crippen molar-refractivity contribution < 1.29 is 4.79 Å². The lowest BCUT2D eigenvalue weighted by atomic mass is 10.0. The molecule has 0 aliphatic heterocycles. The third kappa shape index (κ3) is 3.42. The lowest BCUT2D eigenvalue weighted by Crippen LogP contribution is -2.11. The Morgan fingerprint density at radius 2 is 2.09 bits per heavy atom. The van der Waals surface area contributed by atoms with E-state index in [1.165, 1.54) is 11.0 Å². The molecule has 160 valence electrons. The molecule has 1 fully saturated rings. The zero-order chi connectivity index (χ0) is 22.4. The van der Waals surface area contributed by atoms with Gasteiger partial charge < -0.3 is 5.32 Å². The Morgan fingerprint density at radius 3 is 2.79 bits per heavy atom. The van der Waals surface area contributed by atoms with Crippen molar-refractivity contribution >= 4 is 28.6 Å². The molecule has 1 N–H and O–H groups in total. The number of hydrogen-bond acceptors (Lipinski definition) is 8. The number of nitrogens with one attached hydrogen (secondary N) is 1. The van der Waals surface area contributed by atoms with E-state index in [-0.39, 0.29) is 11.6 Å². The molecule has 1 aliphatic rings. The van der Waals surface area contributed by atoms with Crippen molar-refractivity contribution in [2.45, 2.75) is 18.8 Å². The first-order valence-corrected chi connectivity index (χ1v) is 11.0. The number of carbonyl (C=O) groups excluding carboxylic acids is 1. The summed E-state index contributed by atoms with van der Waals surface area (Å²) < 4.78 is 5.83. The summed E-state index contributed by atoms with van der Waals surface area (Å²) in [5.74, 6) is 0.677. The van der Waals surface area contributed by atoms with Crippen LogP contribution in [-0.4, -0.2) is 39.9 Å². The van der Waals surface area contributed by atoms with Gasteiger partial charge in [0.1, 0.15) is 10.9 Å². The van der Waals surface area contributed by atoms with Crippen LogP contribution in [0.25, 0.3) is 22.5 Å². The third-order valence-corrected chi connectivity index (χ3v) is 6.15. The second kappa shape index (κ2) is 7.61. The normalized spacial score (nSPS) is 13.2. The summed E-state index contributed by atoms with van der Waals surface area (Å²) in [5, 5.41) is 25.0. The molecule has 0 unspecified atom stereocenters. The van der Waals surface area contributed by atoms with Crippen molar-refractivity contribution in [1.82, 2.24) is 34.0 Å². The molecule has 10 nitrogen and oxygen atoms in total. The van der Waals surface area contributed by atoms with E-state index in [4.69, 9.17) is 10.4 Å². The van der Waals surface area contributed by atoms with Gasteiger partial charge >= 0.3 is 0 Å². The molecule has 6 rings (SSSR count). The molecule has 0 aromatic carbocycles. The van der Waals surface area contributed by atoms with Gasteiger partial charge in [0.25, 0.3) is 5.91 Å². The second-order valence-corrected chi connectivity index (χ2v) is 8.45. The molecule has 0 atom stereocenters. The minimum absolute atomic E-state index is 0.211. The Bertz CT molecular complexity index is 1520. The van der Waals surface area contributed by atoms with Crippen LogP contribution in [0.15, 0.2) is 55.1 Å². The van der Waals surface area contributed by atoms with Crippen molar-refractivity contribution in [3.63, 3.8) is 0 Å². The van der Waals surface area contributed by atoms with Gasteiger partial charge in [-0.2, -0.15) is 15.5 Å². The number of fused-ring (bicyclic) bond motifs is 1. The predicted octanol–water partition coefficient (Wildman–Crippen LogP) is 3.43. The number of amides is 1. The van der Waals surface area contributed by atoms with Gasteiger partial charge in [-0.1, -0.05) is 0 Å². The molecule has 0 spiro atoms. The average molecular weight is 453 g/mol. The van der Waals surface area contributed by atoms with Crippen LogP contribution in [0.4, 0.5) is 5.69 Å². The molecule has 5 aromatic heterocycles. The first-order chi connectivity index (χ1) is 16.2. The van der Waals surface area contributed by atoms with Crippen LogP contribution < -0.4 is 5.32 Å². The number of anilines is 1. The standard InChI is InChI=1S/C22H15N9OS/c23-10-15-12-25-31(28-15)18-6-5-14(11-24-18)19-20(13-3-4-13)29-30-9-1-2-16(21(19)30)27-22(32)17-7-8-26-33-17/h1-2,5-9,11-13H,3-4H2,(H,27,32). The predicted molar refractivity (Wildman–Crippen MR) is 120 cm³/mol. The molecular formula is C22H15N9OS. The number of nitrogens with zero attached hydrogens (tertiary/aromatic N) is 8. The lowest BCUT2D eigenvalue weighted by Gasteiger charge is -2.09. The van der Waals surface area contributed by atoms with Gasteiger partial charge in [0, 0.05) is 35.6 Å². The molecule has 0 radical (unpaired) electrons. The van der Waals surface area contributed by atoms with Gasteiger partial charge in [0.15, 0.2) is 11.5 Å². The van der Waals surface area contributed by atoms with Crippen LogP contribution in [0.5, 0.6) is 0 Å². The van der Waals surface area contributed by atoms with E-state index in [1.807, 2.05) is 35.0 Å². The molecular weight excluding hydrogens is 438 g/mol. The van der Waals surface area contributed by atoms with Crippen LogP contribution in [0, 0.1) is 11.3 Å². The minimum Gasteiger partial charge on any atom is -0.319 e. The quantitative estimate of drug-likeness (QED) is 0.432. The van der Waals surface area contributed by atoms with E-state index in [0.717, 1.165) is 46.7 Å². The first kappa shape index (κ1) is 19.3. The van der Waals surface area contributed by atoms with Crippen molar-refractivity contribution in [2.75, 3.05) is 5.32 Å². The van der Waals surface area contributed by atoms with Crippen LogP contribution >= 0.6 is 11.5 Å². The van der Waals surface area contributed by atoms with Gasteiger partial charge in [-0.05, 0) is 54.7 Å². The zero-order valence-electron chi connectivity index (χ0n) is 17.1. The van der Waals surface area contributed by atoms with Gasteiger partial charge in [-0.25, -0.2) is 13.9 Å². The van der Waals surface area contributed by atoms with Gasteiger partial charge in [-0.3, -0.25) is 4.79 Å². The lowest BCUT2D eigenvalue weighted by molar-refractivity contribution is 0.103. The summed E-state index contributed by atoms with van der Waals surface area (Å²) in [6, 6.07) is 11.1. The summed E-state index contributed by atoms with van der Waals surface area (Å²) in [7, 11) is 0. The van der Waals surface area contributed by atoms with Crippen molar-refractivity contribution in [3.05, 3.63) is 71.4 Å². The molecule has 1 aliphatic carbocycles. The number of pyridine rings is 2. The van der Waals surface area contributed by atoms with Crippen LogP contribution in [-0.2, 0) is 0 Å². The largest absolute Gasteiger partial charge is 0.319 e. The maximum atomic E-state index is 12.7. The summed E-state index contributed by atoms with van der Waals surface area (Å²) in [6.45, 7) is 0. The fourth-order valence-corrected chi connectivity index (χ4v) is 4.23. The SMILES string of the molecule is N#Cc1cnn(-c2ccc(-c3c(C4CC4)nn4cccc(NC(=O)c5ccns5)c34)cn2)n1. The highest BCUT2D eigenvalue weighted by Crippen LogP contribution is 2.46. The second-order valence-electron chi connectivity index (χ2n) is 7.62. The molecule has 1 saturated carbocycles. The Morgan fingerprint density at radius 1 is 1.18 bits per heavy atom. The Balaban J connectivity index is 1.45. The van der Waals surface area contributed by atoms with E-state index in [0.29, 0.717) is 22.3 Å². The highest BCUT2D eigenvalue weighted by atomic mass is 32.1. The first-order valence-electron chi connectivity index (χ1n) is 10.2. The van der Waals surface area contributed by atoms with Gasteiger partial charge in [0.05, 0.1) is 23.1 Å². The summed E-state index contributed by atoms with van der Waals surface area (Å²) in [5.41, 5.74) is 4.53. The molecule has 11 heteroatoms. The number of nitriles is 1. The summed E-state index contributed by atoms with van der Waals surface area (Å²) >= 11 is 1.15. The van der Waals surface area contributed by atoms with E-state index < -0.39 is 0 Å². The van der Waals surface area contributed by atoms with Gasteiger partial charge in [-0.15, -0.1) is 9.90 Å². The maximum Gasteiger partial charge on any atom is 0.267 e. The topological polar surface area (TPSA) is 127 Å². The number of hydrogen-bond donors (Lipinski definition) is 1. The Kier molecular flexibility index (Phi) is 4.44. The highest BCUT2D eigenvalue weighted by molar-refractivity contribution is 7.08.